The number of carbonyl (C=O) groups is 1. The summed E-state index contributed by atoms with van der Waals surface area (Å²) >= 11 is 3.31. The monoisotopic (exact) mass is 382 g/mol. The largest absolute Gasteiger partial charge is 0.336 e. The van der Waals surface area contributed by atoms with Gasteiger partial charge in [-0.05, 0) is 37.0 Å². The molecular formula is C18H24BrFN2O. The molecule has 0 aromatic heterocycles. The van der Waals surface area contributed by atoms with Crippen LogP contribution in [0.4, 0.5) is 4.39 Å². The Labute approximate surface area is 146 Å². The van der Waals surface area contributed by atoms with Crippen LogP contribution in [-0.4, -0.2) is 48.4 Å². The molecule has 1 aromatic rings. The smallest absolute Gasteiger partial charge is 0.256 e. The van der Waals surface area contributed by atoms with Gasteiger partial charge in [-0.25, -0.2) is 4.39 Å². The molecule has 3 nitrogen and oxygen atoms in total. The summed E-state index contributed by atoms with van der Waals surface area (Å²) in [4.78, 5) is 16.8. The lowest BCUT2D eigenvalue weighted by Crippen LogP contribution is -2.50. The van der Waals surface area contributed by atoms with Crippen LogP contribution in [0.15, 0.2) is 22.7 Å². The summed E-state index contributed by atoms with van der Waals surface area (Å²) in [5, 5.41) is 0. The third-order valence-electron chi connectivity index (χ3n) is 5.06. The van der Waals surface area contributed by atoms with Crippen molar-refractivity contribution in [3.8, 4) is 0 Å². The Kier molecular flexibility index (Phi) is 5.70. The van der Waals surface area contributed by atoms with Crippen LogP contribution in [0.5, 0.6) is 0 Å². The molecule has 1 saturated carbocycles. The van der Waals surface area contributed by atoms with E-state index in [1.807, 2.05) is 0 Å². The van der Waals surface area contributed by atoms with Gasteiger partial charge >= 0.3 is 0 Å². The number of benzene rings is 1. The van der Waals surface area contributed by atoms with Gasteiger partial charge in [0.25, 0.3) is 5.91 Å². The number of nitrogens with zero attached hydrogens (tertiary/aromatic N) is 2. The zero-order valence-corrected chi connectivity index (χ0v) is 15.0. The second-order valence-corrected chi connectivity index (χ2v) is 7.64. The quantitative estimate of drug-likeness (QED) is 0.790. The van der Waals surface area contributed by atoms with Crippen LogP contribution >= 0.6 is 15.9 Å². The first-order valence-corrected chi connectivity index (χ1v) is 9.39. The molecule has 3 rings (SSSR count). The topological polar surface area (TPSA) is 23.6 Å². The molecule has 1 aromatic carbocycles. The molecule has 1 aliphatic heterocycles. The molecule has 0 unspecified atom stereocenters. The average Bonchev–Trinajstić information content (AvgIpc) is 2.58. The molecular weight excluding hydrogens is 359 g/mol. The Morgan fingerprint density at radius 1 is 1.13 bits per heavy atom. The second kappa shape index (κ2) is 7.75. The summed E-state index contributed by atoms with van der Waals surface area (Å²) in [6.07, 6.45) is 6.82. The summed E-state index contributed by atoms with van der Waals surface area (Å²) < 4.78 is 14.6. The van der Waals surface area contributed by atoms with Crippen molar-refractivity contribution in [2.45, 2.75) is 32.1 Å². The van der Waals surface area contributed by atoms with Gasteiger partial charge in [-0.3, -0.25) is 9.69 Å². The third-order valence-corrected chi connectivity index (χ3v) is 5.55. The Balaban J connectivity index is 1.53. The summed E-state index contributed by atoms with van der Waals surface area (Å²) in [5.74, 6) is 0.192. The fraction of sp³-hybridized carbons (Fsp3) is 0.611. The van der Waals surface area contributed by atoms with Crippen molar-refractivity contribution in [3.05, 3.63) is 34.1 Å². The van der Waals surface area contributed by atoms with E-state index in [0.717, 1.165) is 30.0 Å². The van der Waals surface area contributed by atoms with Gasteiger partial charge in [0, 0.05) is 37.2 Å². The molecule has 0 N–H and O–H groups in total. The number of rotatable bonds is 3. The Bertz CT molecular complexity index is 552. The first-order valence-electron chi connectivity index (χ1n) is 8.60. The maximum atomic E-state index is 13.9. The predicted octanol–water partition coefficient (Wildman–Crippen LogP) is 3.93. The molecule has 0 bridgehead atoms. The van der Waals surface area contributed by atoms with Crippen molar-refractivity contribution in [2.24, 2.45) is 5.92 Å². The zero-order valence-electron chi connectivity index (χ0n) is 13.4. The van der Waals surface area contributed by atoms with Crippen LogP contribution in [-0.2, 0) is 0 Å². The average molecular weight is 383 g/mol. The van der Waals surface area contributed by atoms with Crippen molar-refractivity contribution in [1.82, 2.24) is 9.80 Å². The van der Waals surface area contributed by atoms with Crippen LogP contribution < -0.4 is 0 Å². The Morgan fingerprint density at radius 2 is 1.83 bits per heavy atom. The lowest BCUT2D eigenvalue weighted by molar-refractivity contribution is 0.0601. The maximum absolute atomic E-state index is 13.9. The van der Waals surface area contributed by atoms with Gasteiger partial charge in [-0.2, -0.15) is 0 Å². The number of carbonyl (C=O) groups excluding carboxylic acids is 1. The van der Waals surface area contributed by atoms with Crippen LogP contribution in [0.25, 0.3) is 0 Å². The number of hydrogen-bond donors (Lipinski definition) is 0. The summed E-state index contributed by atoms with van der Waals surface area (Å²) in [6, 6.07) is 4.54. The zero-order chi connectivity index (χ0) is 16.2. The molecule has 1 amide bonds. The van der Waals surface area contributed by atoms with Gasteiger partial charge in [0.15, 0.2) is 0 Å². The van der Waals surface area contributed by atoms with E-state index in [9.17, 15) is 9.18 Å². The first-order chi connectivity index (χ1) is 11.1. The van der Waals surface area contributed by atoms with Crippen LogP contribution in [0.2, 0.25) is 0 Å². The van der Waals surface area contributed by atoms with E-state index in [4.69, 9.17) is 0 Å². The number of amides is 1. The number of piperazine rings is 1. The molecule has 1 heterocycles. The highest BCUT2D eigenvalue weighted by Crippen LogP contribution is 2.25. The second-order valence-electron chi connectivity index (χ2n) is 6.72. The van der Waals surface area contributed by atoms with Crippen molar-refractivity contribution >= 4 is 21.8 Å². The first kappa shape index (κ1) is 16.9. The standard InChI is InChI=1S/C18H24BrFN2O/c19-15-6-7-17(20)16(12-15)18(23)22-10-8-21(9-11-22)13-14-4-2-1-3-5-14/h6-7,12,14H,1-5,8-11,13H2. The molecule has 0 spiro atoms. The summed E-state index contributed by atoms with van der Waals surface area (Å²) in [5.41, 5.74) is 0.167. The fourth-order valence-corrected chi connectivity index (χ4v) is 4.06. The molecule has 23 heavy (non-hydrogen) atoms. The fourth-order valence-electron chi connectivity index (χ4n) is 3.70. The number of halogens is 2. The lowest BCUT2D eigenvalue weighted by Gasteiger charge is -2.37. The van der Waals surface area contributed by atoms with Crippen LogP contribution in [0.3, 0.4) is 0 Å². The van der Waals surface area contributed by atoms with Crippen LogP contribution in [0.1, 0.15) is 42.5 Å². The van der Waals surface area contributed by atoms with E-state index in [1.165, 1.54) is 38.2 Å². The molecule has 5 heteroatoms. The molecule has 126 valence electrons. The van der Waals surface area contributed by atoms with E-state index in [2.05, 4.69) is 20.8 Å². The van der Waals surface area contributed by atoms with Gasteiger partial charge in [0.1, 0.15) is 5.82 Å². The van der Waals surface area contributed by atoms with Gasteiger partial charge in [0.2, 0.25) is 0 Å². The summed E-state index contributed by atoms with van der Waals surface area (Å²) in [7, 11) is 0. The SMILES string of the molecule is O=C(c1cc(Br)ccc1F)N1CCN(CC2CCCCC2)CC1. The minimum Gasteiger partial charge on any atom is -0.336 e. The van der Waals surface area contributed by atoms with Gasteiger partial charge in [0.05, 0.1) is 5.56 Å². The molecule has 2 fully saturated rings. The van der Waals surface area contributed by atoms with E-state index in [1.54, 1.807) is 17.0 Å². The normalized spacial score (nSPS) is 20.7. The van der Waals surface area contributed by atoms with Gasteiger partial charge in [-0.15, -0.1) is 0 Å². The Hall–Kier alpha value is -0.940. The third kappa shape index (κ3) is 4.32. The highest BCUT2D eigenvalue weighted by Gasteiger charge is 2.26. The van der Waals surface area contributed by atoms with Crippen molar-refractivity contribution < 1.29 is 9.18 Å². The van der Waals surface area contributed by atoms with Crippen molar-refractivity contribution in [2.75, 3.05) is 32.7 Å². The van der Waals surface area contributed by atoms with E-state index < -0.39 is 5.82 Å². The van der Waals surface area contributed by atoms with Gasteiger partial charge < -0.3 is 4.90 Å². The molecule has 0 atom stereocenters. The van der Waals surface area contributed by atoms with Crippen LogP contribution in [0, 0.1) is 11.7 Å². The maximum Gasteiger partial charge on any atom is 0.256 e. The highest BCUT2D eigenvalue weighted by atomic mass is 79.9. The highest BCUT2D eigenvalue weighted by molar-refractivity contribution is 9.10. The summed E-state index contributed by atoms with van der Waals surface area (Å²) in [6.45, 7) is 4.35. The van der Waals surface area contributed by atoms with Crippen molar-refractivity contribution in [1.29, 1.82) is 0 Å². The minimum atomic E-state index is -0.442. The van der Waals surface area contributed by atoms with E-state index in [0.29, 0.717) is 13.1 Å². The number of hydrogen-bond acceptors (Lipinski definition) is 2. The predicted molar refractivity (Wildman–Crippen MR) is 93.0 cm³/mol. The van der Waals surface area contributed by atoms with E-state index >= 15 is 0 Å². The molecule has 1 saturated heterocycles. The molecule has 1 aliphatic carbocycles. The van der Waals surface area contributed by atoms with Crippen molar-refractivity contribution in [3.63, 3.8) is 0 Å². The van der Waals surface area contributed by atoms with E-state index in [-0.39, 0.29) is 11.5 Å². The molecule has 0 radical (unpaired) electrons. The van der Waals surface area contributed by atoms with Gasteiger partial charge in [-0.1, -0.05) is 35.2 Å². The minimum absolute atomic E-state index is 0.167. The Morgan fingerprint density at radius 3 is 2.52 bits per heavy atom. The molecule has 2 aliphatic rings. The lowest BCUT2D eigenvalue weighted by atomic mass is 9.89.